The standard InChI is InChI=1S/C12H13N7/c1-7(9-4-2-3-5-14-9)16-10-8-6-15-19-11(8)18-12(13)17-10/h2-7H,1H3,(H4,13,15,16,17,18,19). The highest BCUT2D eigenvalue weighted by Gasteiger charge is 2.12. The van der Waals surface area contributed by atoms with E-state index in [0.29, 0.717) is 11.5 Å². The van der Waals surface area contributed by atoms with Crippen molar-refractivity contribution in [3.63, 3.8) is 0 Å². The van der Waals surface area contributed by atoms with Crippen LogP contribution >= 0.6 is 0 Å². The molecule has 0 bridgehead atoms. The molecule has 0 amide bonds. The molecule has 0 aromatic carbocycles. The molecule has 0 fully saturated rings. The van der Waals surface area contributed by atoms with Crippen molar-refractivity contribution in [3.05, 3.63) is 36.3 Å². The maximum absolute atomic E-state index is 5.67. The van der Waals surface area contributed by atoms with Crippen LogP contribution in [-0.4, -0.2) is 25.1 Å². The summed E-state index contributed by atoms with van der Waals surface area (Å²) in [7, 11) is 0. The topological polar surface area (TPSA) is 105 Å². The summed E-state index contributed by atoms with van der Waals surface area (Å²) >= 11 is 0. The van der Waals surface area contributed by atoms with Crippen LogP contribution in [0.2, 0.25) is 0 Å². The van der Waals surface area contributed by atoms with Gasteiger partial charge in [-0.25, -0.2) is 0 Å². The Hall–Kier alpha value is -2.70. The van der Waals surface area contributed by atoms with Gasteiger partial charge in [0.1, 0.15) is 5.82 Å². The lowest BCUT2D eigenvalue weighted by atomic mass is 10.2. The van der Waals surface area contributed by atoms with Crippen molar-refractivity contribution in [2.75, 3.05) is 11.1 Å². The molecule has 4 N–H and O–H groups in total. The van der Waals surface area contributed by atoms with E-state index in [1.165, 1.54) is 0 Å². The Morgan fingerprint density at radius 2 is 2.21 bits per heavy atom. The van der Waals surface area contributed by atoms with Crippen LogP contribution in [0.1, 0.15) is 18.7 Å². The Bertz CT molecular complexity index is 692. The summed E-state index contributed by atoms with van der Waals surface area (Å²) in [4.78, 5) is 12.6. The molecule has 3 rings (SSSR count). The molecule has 0 spiro atoms. The van der Waals surface area contributed by atoms with Crippen molar-refractivity contribution < 1.29 is 0 Å². The fourth-order valence-electron chi connectivity index (χ4n) is 1.87. The number of nitrogens with zero attached hydrogens (tertiary/aromatic N) is 4. The van der Waals surface area contributed by atoms with Crippen LogP contribution in [0.15, 0.2) is 30.6 Å². The molecular weight excluding hydrogens is 242 g/mol. The lowest BCUT2D eigenvalue weighted by Gasteiger charge is -2.14. The van der Waals surface area contributed by atoms with Crippen LogP contribution in [0.25, 0.3) is 11.0 Å². The van der Waals surface area contributed by atoms with Crippen LogP contribution in [0, 0.1) is 0 Å². The first-order valence-electron chi connectivity index (χ1n) is 5.88. The lowest BCUT2D eigenvalue weighted by molar-refractivity contribution is 0.833. The summed E-state index contributed by atoms with van der Waals surface area (Å²) in [6.07, 6.45) is 3.43. The van der Waals surface area contributed by atoms with Gasteiger partial charge < -0.3 is 11.1 Å². The number of nitrogen functional groups attached to an aromatic ring is 1. The molecule has 0 aliphatic carbocycles. The molecule has 19 heavy (non-hydrogen) atoms. The highest BCUT2D eigenvalue weighted by atomic mass is 15.2. The molecule has 96 valence electrons. The van der Waals surface area contributed by atoms with Gasteiger partial charge in [-0.3, -0.25) is 10.1 Å². The lowest BCUT2D eigenvalue weighted by Crippen LogP contribution is -2.11. The Morgan fingerprint density at radius 1 is 1.32 bits per heavy atom. The highest BCUT2D eigenvalue weighted by molar-refractivity contribution is 5.86. The molecule has 3 heterocycles. The van der Waals surface area contributed by atoms with Crippen molar-refractivity contribution in [3.8, 4) is 0 Å². The Morgan fingerprint density at radius 3 is 3.00 bits per heavy atom. The van der Waals surface area contributed by atoms with Gasteiger partial charge in [-0.05, 0) is 19.1 Å². The molecule has 7 heteroatoms. The van der Waals surface area contributed by atoms with E-state index in [1.807, 2.05) is 25.1 Å². The van der Waals surface area contributed by atoms with Gasteiger partial charge in [-0.2, -0.15) is 15.1 Å². The van der Waals surface area contributed by atoms with Crippen LogP contribution < -0.4 is 11.1 Å². The largest absolute Gasteiger partial charge is 0.368 e. The zero-order chi connectivity index (χ0) is 13.2. The molecule has 3 aromatic heterocycles. The number of H-pyrrole nitrogens is 1. The number of aromatic amines is 1. The molecule has 1 unspecified atom stereocenters. The van der Waals surface area contributed by atoms with E-state index in [9.17, 15) is 0 Å². The predicted octanol–water partition coefficient (Wildman–Crippen LogP) is 1.50. The van der Waals surface area contributed by atoms with Gasteiger partial charge in [0.15, 0.2) is 5.65 Å². The molecule has 1 atom stereocenters. The van der Waals surface area contributed by atoms with E-state index in [0.717, 1.165) is 11.1 Å². The number of anilines is 2. The van der Waals surface area contributed by atoms with Gasteiger partial charge in [0.05, 0.1) is 23.3 Å². The van der Waals surface area contributed by atoms with E-state index >= 15 is 0 Å². The summed E-state index contributed by atoms with van der Waals surface area (Å²) in [5.74, 6) is 0.849. The molecule has 7 nitrogen and oxygen atoms in total. The first kappa shape index (κ1) is 11.4. The van der Waals surface area contributed by atoms with E-state index < -0.39 is 0 Å². The van der Waals surface area contributed by atoms with Gasteiger partial charge in [-0.1, -0.05) is 6.07 Å². The summed E-state index contributed by atoms with van der Waals surface area (Å²) < 4.78 is 0. The third-order valence-corrected chi connectivity index (χ3v) is 2.81. The second-order valence-electron chi connectivity index (χ2n) is 4.18. The minimum absolute atomic E-state index is 0.00796. The Balaban J connectivity index is 1.95. The number of rotatable bonds is 3. The second-order valence-corrected chi connectivity index (χ2v) is 4.18. The summed E-state index contributed by atoms with van der Waals surface area (Å²) in [6.45, 7) is 2.01. The summed E-state index contributed by atoms with van der Waals surface area (Å²) in [6, 6.07) is 5.79. The predicted molar refractivity (Wildman–Crippen MR) is 72.4 cm³/mol. The van der Waals surface area contributed by atoms with Crippen molar-refractivity contribution in [1.82, 2.24) is 25.1 Å². The van der Waals surface area contributed by atoms with E-state index in [2.05, 4.69) is 30.5 Å². The molecule has 0 saturated heterocycles. The first-order chi connectivity index (χ1) is 9.24. The van der Waals surface area contributed by atoms with Crippen molar-refractivity contribution >= 4 is 22.8 Å². The van der Waals surface area contributed by atoms with Gasteiger partial charge in [0, 0.05) is 6.20 Å². The summed E-state index contributed by atoms with van der Waals surface area (Å²) in [5, 5.41) is 10.8. The van der Waals surface area contributed by atoms with Gasteiger partial charge in [-0.15, -0.1) is 0 Å². The Labute approximate surface area is 109 Å². The number of hydrogen-bond acceptors (Lipinski definition) is 6. The quantitative estimate of drug-likeness (QED) is 0.655. The fourth-order valence-corrected chi connectivity index (χ4v) is 1.87. The number of hydrogen-bond donors (Lipinski definition) is 3. The van der Waals surface area contributed by atoms with E-state index in [1.54, 1.807) is 12.4 Å². The zero-order valence-corrected chi connectivity index (χ0v) is 10.3. The molecule has 0 saturated carbocycles. The minimum Gasteiger partial charge on any atom is -0.368 e. The number of nitrogens with one attached hydrogen (secondary N) is 2. The van der Waals surface area contributed by atoms with Crippen LogP contribution in [0.4, 0.5) is 11.8 Å². The van der Waals surface area contributed by atoms with Crippen LogP contribution in [0.3, 0.4) is 0 Å². The van der Waals surface area contributed by atoms with Crippen molar-refractivity contribution in [1.29, 1.82) is 0 Å². The molecule has 0 aliphatic rings. The summed E-state index contributed by atoms with van der Waals surface area (Å²) in [5.41, 5.74) is 7.21. The van der Waals surface area contributed by atoms with Gasteiger partial charge >= 0.3 is 0 Å². The third kappa shape index (κ3) is 2.17. The van der Waals surface area contributed by atoms with Gasteiger partial charge in [0.25, 0.3) is 0 Å². The van der Waals surface area contributed by atoms with Crippen molar-refractivity contribution in [2.45, 2.75) is 13.0 Å². The zero-order valence-electron chi connectivity index (χ0n) is 10.3. The number of pyridine rings is 1. The monoisotopic (exact) mass is 255 g/mol. The minimum atomic E-state index is 0.00796. The van der Waals surface area contributed by atoms with Gasteiger partial charge in [0.2, 0.25) is 5.95 Å². The smallest absolute Gasteiger partial charge is 0.224 e. The van der Waals surface area contributed by atoms with Crippen LogP contribution in [-0.2, 0) is 0 Å². The van der Waals surface area contributed by atoms with Crippen molar-refractivity contribution in [2.24, 2.45) is 0 Å². The molecule has 3 aromatic rings. The highest BCUT2D eigenvalue weighted by Crippen LogP contribution is 2.23. The fraction of sp³-hybridized carbons (Fsp3) is 0.167. The third-order valence-electron chi connectivity index (χ3n) is 2.81. The maximum atomic E-state index is 5.67. The molecule has 0 aliphatic heterocycles. The average Bonchev–Trinajstić information content (AvgIpc) is 2.88. The molecule has 0 radical (unpaired) electrons. The Kier molecular flexibility index (Phi) is 2.71. The SMILES string of the molecule is CC(Nc1nc(N)nc2[nH]ncc12)c1ccccn1. The maximum Gasteiger partial charge on any atom is 0.224 e. The number of nitrogens with two attached hydrogens (primary N) is 1. The normalized spacial score (nSPS) is 12.5. The number of fused-ring (bicyclic) bond motifs is 1. The van der Waals surface area contributed by atoms with Crippen LogP contribution in [0.5, 0.6) is 0 Å². The first-order valence-corrected chi connectivity index (χ1v) is 5.88. The average molecular weight is 255 g/mol. The number of aromatic nitrogens is 5. The molecular formula is C12H13N7. The van der Waals surface area contributed by atoms with E-state index in [-0.39, 0.29) is 12.0 Å². The van der Waals surface area contributed by atoms with E-state index in [4.69, 9.17) is 5.73 Å². The second kappa shape index (κ2) is 4.52.